The maximum absolute atomic E-state index is 11.0. The highest BCUT2D eigenvalue weighted by Crippen LogP contribution is 2.24. The normalized spacial score (nSPS) is 13.0. The number of nitrogens with zero attached hydrogens (tertiary/aromatic N) is 1. The summed E-state index contributed by atoms with van der Waals surface area (Å²) >= 11 is 0. The van der Waals surface area contributed by atoms with E-state index in [-0.39, 0.29) is 19.1 Å². The molecular formula is C10H8N2O3. The fraction of sp³-hybridized carbons (Fsp3) is 0.200. The molecule has 0 atom stereocenters. The van der Waals surface area contributed by atoms with Crippen molar-refractivity contribution in [2.24, 2.45) is 0 Å². The number of ether oxygens (including phenoxy) is 1. The molecule has 1 aliphatic heterocycles. The third kappa shape index (κ3) is 2.06. The average Bonchev–Trinajstić information content (AvgIpc) is 2.26. The Kier molecular flexibility index (Phi) is 2.52. The maximum atomic E-state index is 11.0. The first-order valence-corrected chi connectivity index (χ1v) is 4.33. The number of hydrogen-bond acceptors (Lipinski definition) is 4. The molecular weight excluding hydrogens is 196 g/mol. The Morgan fingerprint density at radius 1 is 1.60 bits per heavy atom. The first kappa shape index (κ1) is 9.49. The average molecular weight is 204 g/mol. The first-order valence-electron chi connectivity index (χ1n) is 4.33. The molecule has 15 heavy (non-hydrogen) atoms. The van der Waals surface area contributed by atoms with Gasteiger partial charge in [-0.05, 0) is 18.1 Å². The van der Waals surface area contributed by atoms with Crippen molar-refractivity contribution in [3.8, 4) is 17.7 Å². The zero-order valence-corrected chi connectivity index (χ0v) is 7.78. The lowest BCUT2D eigenvalue weighted by Gasteiger charge is -2.16. The quantitative estimate of drug-likeness (QED) is 0.572. The van der Waals surface area contributed by atoms with Gasteiger partial charge in [0.15, 0.2) is 6.61 Å². The van der Waals surface area contributed by atoms with Crippen molar-refractivity contribution in [1.29, 1.82) is 0 Å². The van der Waals surface area contributed by atoms with Gasteiger partial charge in [-0.3, -0.25) is 4.79 Å². The van der Waals surface area contributed by atoms with E-state index < -0.39 is 0 Å². The minimum Gasteiger partial charge on any atom is -0.466 e. The molecule has 2 N–H and O–H groups in total. The number of aliphatic hydroxyl groups excluding tert-OH is 1. The molecule has 1 aliphatic rings. The van der Waals surface area contributed by atoms with Crippen molar-refractivity contribution in [3.05, 3.63) is 17.8 Å². The molecule has 76 valence electrons. The second-order valence-corrected chi connectivity index (χ2v) is 2.85. The van der Waals surface area contributed by atoms with Crippen LogP contribution in [0.15, 0.2) is 12.1 Å². The first-order chi connectivity index (χ1) is 7.29. The fourth-order valence-corrected chi connectivity index (χ4v) is 1.17. The number of carbonyl (C=O) groups excluding carboxylic acids is 1. The monoisotopic (exact) mass is 204 g/mol. The van der Waals surface area contributed by atoms with Crippen LogP contribution < -0.4 is 10.1 Å². The molecule has 0 saturated heterocycles. The van der Waals surface area contributed by atoms with Gasteiger partial charge >= 0.3 is 0 Å². The summed E-state index contributed by atoms with van der Waals surface area (Å²) in [5.74, 6) is 5.30. The summed E-state index contributed by atoms with van der Waals surface area (Å²) < 4.78 is 5.10. The van der Waals surface area contributed by atoms with Crippen molar-refractivity contribution < 1.29 is 14.6 Å². The Morgan fingerprint density at radius 3 is 3.27 bits per heavy atom. The lowest BCUT2D eigenvalue weighted by Crippen LogP contribution is -2.26. The SMILES string of the molecule is O=C1COc2nc(C#CCO)ccc2N1. The van der Waals surface area contributed by atoms with Gasteiger partial charge in [0.2, 0.25) is 5.88 Å². The maximum Gasteiger partial charge on any atom is 0.262 e. The van der Waals surface area contributed by atoms with Gasteiger partial charge in [-0.1, -0.05) is 5.92 Å². The molecule has 1 aromatic rings. The molecule has 1 aromatic heterocycles. The van der Waals surface area contributed by atoms with Crippen molar-refractivity contribution in [1.82, 2.24) is 4.98 Å². The summed E-state index contributed by atoms with van der Waals surface area (Å²) in [5.41, 5.74) is 1.04. The van der Waals surface area contributed by atoms with Crippen LogP contribution in [-0.4, -0.2) is 29.2 Å². The topological polar surface area (TPSA) is 71.5 Å². The molecule has 0 fully saturated rings. The van der Waals surface area contributed by atoms with E-state index in [1.807, 2.05) is 0 Å². The van der Waals surface area contributed by atoms with E-state index >= 15 is 0 Å². The molecule has 0 bridgehead atoms. The van der Waals surface area contributed by atoms with Gasteiger partial charge in [-0.15, -0.1) is 0 Å². The Morgan fingerprint density at radius 2 is 2.47 bits per heavy atom. The van der Waals surface area contributed by atoms with Crippen LogP contribution in [0.2, 0.25) is 0 Å². The van der Waals surface area contributed by atoms with Gasteiger partial charge in [0.25, 0.3) is 5.91 Å². The smallest absolute Gasteiger partial charge is 0.262 e. The standard InChI is InChI=1S/C10H8N2O3/c13-5-1-2-7-3-4-8-10(11-7)15-6-9(14)12-8/h3-4,13H,5-6H2,(H,12,14). The highest BCUT2D eigenvalue weighted by Gasteiger charge is 2.16. The number of hydrogen-bond donors (Lipinski definition) is 2. The Balaban J connectivity index is 2.30. The number of carbonyl (C=O) groups is 1. The highest BCUT2D eigenvalue weighted by atomic mass is 16.5. The summed E-state index contributed by atoms with van der Waals surface area (Å²) in [6.45, 7) is -0.243. The zero-order valence-electron chi connectivity index (χ0n) is 7.78. The third-order valence-electron chi connectivity index (χ3n) is 1.77. The number of fused-ring (bicyclic) bond motifs is 1. The lowest BCUT2D eigenvalue weighted by atomic mass is 10.3. The number of aliphatic hydroxyl groups is 1. The van der Waals surface area contributed by atoms with E-state index in [1.54, 1.807) is 12.1 Å². The van der Waals surface area contributed by atoms with Gasteiger partial charge in [0.05, 0.1) is 0 Å². The van der Waals surface area contributed by atoms with Crippen LogP contribution in [0.4, 0.5) is 5.69 Å². The molecule has 2 heterocycles. The third-order valence-corrected chi connectivity index (χ3v) is 1.77. The number of rotatable bonds is 0. The molecule has 0 aliphatic carbocycles. The summed E-state index contributed by atoms with van der Waals surface area (Å²) in [7, 11) is 0. The molecule has 5 heteroatoms. The van der Waals surface area contributed by atoms with E-state index in [2.05, 4.69) is 22.1 Å². The van der Waals surface area contributed by atoms with Crippen LogP contribution in [0.1, 0.15) is 5.69 Å². The summed E-state index contributed by atoms with van der Waals surface area (Å²) in [6, 6.07) is 3.32. The number of pyridine rings is 1. The number of amides is 1. The molecule has 0 radical (unpaired) electrons. The van der Waals surface area contributed by atoms with Crippen molar-refractivity contribution in [2.75, 3.05) is 18.5 Å². The van der Waals surface area contributed by atoms with Crippen LogP contribution in [0.25, 0.3) is 0 Å². The largest absolute Gasteiger partial charge is 0.466 e. The van der Waals surface area contributed by atoms with E-state index in [1.165, 1.54) is 0 Å². The van der Waals surface area contributed by atoms with Crippen molar-refractivity contribution in [2.45, 2.75) is 0 Å². The molecule has 0 spiro atoms. The molecule has 5 nitrogen and oxygen atoms in total. The van der Waals surface area contributed by atoms with Gasteiger partial charge in [0, 0.05) is 0 Å². The van der Waals surface area contributed by atoms with Crippen LogP contribution in [0.5, 0.6) is 5.88 Å². The van der Waals surface area contributed by atoms with Gasteiger partial charge in [0.1, 0.15) is 18.0 Å². The Labute approximate surface area is 86.1 Å². The van der Waals surface area contributed by atoms with Crippen LogP contribution in [0.3, 0.4) is 0 Å². The van der Waals surface area contributed by atoms with Crippen LogP contribution in [-0.2, 0) is 4.79 Å². The van der Waals surface area contributed by atoms with Gasteiger partial charge in [-0.2, -0.15) is 0 Å². The molecule has 0 saturated carbocycles. The summed E-state index contributed by atoms with van der Waals surface area (Å²) in [6.07, 6.45) is 0. The van der Waals surface area contributed by atoms with E-state index in [9.17, 15) is 4.79 Å². The number of nitrogens with one attached hydrogen (secondary N) is 1. The number of aromatic nitrogens is 1. The second kappa shape index (κ2) is 3.98. The van der Waals surface area contributed by atoms with Crippen LogP contribution in [0, 0.1) is 11.8 Å². The van der Waals surface area contributed by atoms with Gasteiger partial charge in [-0.25, -0.2) is 4.98 Å². The highest BCUT2D eigenvalue weighted by molar-refractivity contribution is 5.94. The fourth-order valence-electron chi connectivity index (χ4n) is 1.17. The predicted octanol–water partition coefficient (Wildman–Crippen LogP) is -0.244. The van der Waals surface area contributed by atoms with Crippen molar-refractivity contribution >= 4 is 11.6 Å². The Hall–Kier alpha value is -2.06. The second-order valence-electron chi connectivity index (χ2n) is 2.85. The molecule has 0 aromatic carbocycles. The van der Waals surface area contributed by atoms with Crippen molar-refractivity contribution in [3.63, 3.8) is 0 Å². The lowest BCUT2D eigenvalue weighted by molar-refractivity contribution is -0.118. The van der Waals surface area contributed by atoms with Crippen LogP contribution >= 0.6 is 0 Å². The minimum absolute atomic E-state index is 0.0309. The summed E-state index contributed by atoms with van der Waals surface area (Å²) in [4.78, 5) is 15.0. The van der Waals surface area contributed by atoms with E-state index in [0.29, 0.717) is 17.3 Å². The van der Waals surface area contributed by atoms with E-state index in [4.69, 9.17) is 9.84 Å². The number of anilines is 1. The zero-order chi connectivity index (χ0) is 10.7. The van der Waals surface area contributed by atoms with E-state index in [0.717, 1.165) is 0 Å². The Bertz CT molecular complexity index is 459. The minimum atomic E-state index is -0.212. The molecule has 2 rings (SSSR count). The predicted molar refractivity (Wildman–Crippen MR) is 52.3 cm³/mol. The molecule has 1 amide bonds. The van der Waals surface area contributed by atoms with Gasteiger partial charge < -0.3 is 15.2 Å². The molecule has 0 unspecified atom stereocenters. The summed E-state index contributed by atoms with van der Waals surface area (Å²) in [5, 5.41) is 11.1.